The maximum absolute atomic E-state index is 5.26. The molecule has 0 unspecified atom stereocenters. The van der Waals surface area contributed by atoms with Crippen molar-refractivity contribution in [3.8, 4) is 56.7 Å². The molecule has 212 valence electrons. The Morgan fingerprint density at radius 2 is 0.889 bits per heavy atom. The second-order valence-electron chi connectivity index (χ2n) is 11.0. The zero-order valence-corrected chi connectivity index (χ0v) is 24.6. The van der Waals surface area contributed by atoms with E-state index in [9.17, 15) is 0 Å². The molecule has 0 saturated carbocycles. The molecule has 45 heavy (non-hydrogen) atoms. The third-order valence-electron chi connectivity index (χ3n) is 8.06. The van der Waals surface area contributed by atoms with Gasteiger partial charge in [-0.15, -0.1) is 0 Å². The van der Waals surface area contributed by atoms with Crippen molar-refractivity contribution in [3.05, 3.63) is 151 Å². The highest BCUT2D eigenvalue weighted by atomic mass is 15.0. The lowest BCUT2D eigenvalue weighted by atomic mass is 10.0. The number of hydrogen-bond acceptors (Lipinski definition) is 5. The van der Waals surface area contributed by atoms with Gasteiger partial charge in [-0.05, 0) is 24.6 Å². The maximum Gasteiger partial charge on any atom is 0.164 e. The van der Waals surface area contributed by atoms with Gasteiger partial charge in [-0.3, -0.25) is 0 Å². The van der Waals surface area contributed by atoms with Crippen LogP contribution in [0.5, 0.6) is 0 Å². The second-order valence-corrected chi connectivity index (χ2v) is 11.0. The summed E-state index contributed by atoms with van der Waals surface area (Å²) >= 11 is 0. The highest BCUT2D eigenvalue weighted by Gasteiger charge is 2.17. The highest BCUT2D eigenvalue weighted by Crippen LogP contribution is 2.34. The van der Waals surface area contributed by atoms with Crippen molar-refractivity contribution >= 4 is 21.8 Å². The Morgan fingerprint density at radius 1 is 0.378 bits per heavy atom. The molecule has 0 spiro atoms. The summed E-state index contributed by atoms with van der Waals surface area (Å²) in [5, 5.41) is 2.14. The van der Waals surface area contributed by atoms with Gasteiger partial charge in [-0.25, -0.2) is 24.9 Å². The number of fused-ring (bicyclic) bond motifs is 3. The molecule has 0 amide bonds. The molecule has 0 aliphatic carbocycles. The van der Waals surface area contributed by atoms with Crippen LogP contribution in [-0.2, 0) is 0 Å². The van der Waals surface area contributed by atoms with E-state index in [1.807, 2.05) is 91.0 Å². The summed E-state index contributed by atoms with van der Waals surface area (Å²) in [5.74, 6) is 1.85. The number of hydrogen-bond donors (Lipinski definition) is 0. The van der Waals surface area contributed by atoms with Crippen molar-refractivity contribution < 1.29 is 0 Å². The van der Waals surface area contributed by atoms with Gasteiger partial charge < -0.3 is 0 Å². The molecule has 5 nitrogen and oxygen atoms in total. The van der Waals surface area contributed by atoms with Crippen molar-refractivity contribution in [3.63, 3.8) is 0 Å². The first kappa shape index (κ1) is 26.5. The molecule has 0 atom stereocenters. The van der Waals surface area contributed by atoms with Crippen molar-refractivity contribution in [2.24, 2.45) is 0 Å². The molecule has 3 heterocycles. The van der Waals surface area contributed by atoms with Gasteiger partial charge in [0.15, 0.2) is 17.5 Å². The van der Waals surface area contributed by atoms with Crippen LogP contribution in [0.3, 0.4) is 0 Å². The van der Waals surface area contributed by atoms with Crippen LogP contribution < -0.4 is 0 Å². The third-order valence-corrected chi connectivity index (χ3v) is 8.06. The number of aromatic nitrogens is 5. The molecular weight excluding hydrogens is 550 g/mol. The number of aryl methyl sites for hydroxylation is 1. The fraction of sp³-hybridized carbons (Fsp3) is 0.0250. The zero-order chi connectivity index (χ0) is 30.2. The van der Waals surface area contributed by atoms with Gasteiger partial charge in [0.1, 0.15) is 0 Å². The summed E-state index contributed by atoms with van der Waals surface area (Å²) < 4.78 is 0. The fourth-order valence-corrected chi connectivity index (χ4v) is 5.78. The van der Waals surface area contributed by atoms with Crippen molar-refractivity contribution in [1.82, 2.24) is 24.9 Å². The predicted octanol–water partition coefficient (Wildman–Crippen LogP) is 9.61. The molecule has 0 fully saturated rings. The molecule has 5 heteroatoms. The lowest BCUT2D eigenvalue weighted by Crippen LogP contribution is -2.01. The highest BCUT2D eigenvalue weighted by molar-refractivity contribution is 6.05. The summed E-state index contributed by atoms with van der Waals surface area (Å²) in [5.41, 5.74) is 9.47. The topological polar surface area (TPSA) is 64.5 Å². The van der Waals surface area contributed by atoms with E-state index in [1.54, 1.807) is 0 Å². The Bertz CT molecular complexity index is 2260. The van der Waals surface area contributed by atoms with E-state index >= 15 is 0 Å². The lowest BCUT2D eigenvalue weighted by molar-refractivity contribution is 1.07. The molecule has 0 aliphatic heterocycles. The molecule has 3 aromatic heterocycles. The smallest absolute Gasteiger partial charge is 0.164 e. The Hall–Kier alpha value is -6.07. The summed E-state index contributed by atoms with van der Waals surface area (Å²) in [7, 11) is 0. The first-order chi connectivity index (χ1) is 22.2. The Kier molecular flexibility index (Phi) is 6.61. The van der Waals surface area contributed by atoms with E-state index in [4.69, 9.17) is 24.9 Å². The van der Waals surface area contributed by atoms with Gasteiger partial charge in [-0.1, -0.05) is 133 Å². The number of rotatable bonds is 5. The predicted molar refractivity (Wildman–Crippen MR) is 182 cm³/mol. The number of benzene rings is 5. The molecule has 8 aromatic rings. The lowest BCUT2D eigenvalue weighted by Gasteiger charge is -2.13. The maximum atomic E-state index is 5.26. The van der Waals surface area contributed by atoms with E-state index in [2.05, 4.69) is 61.5 Å². The molecule has 0 aliphatic rings. The Balaban J connectivity index is 1.32. The molecule has 0 bridgehead atoms. The van der Waals surface area contributed by atoms with E-state index in [0.29, 0.717) is 17.5 Å². The minimum atomic E-state index is 0.596. The summed E-state index contributed by atoms with van der Waals surface area (Å²) in [6, 6.07) is 49.2. The van der Waals surface area contributed by atoms with Gasteiger partial charge >= 0.3 is 0 Å². The fourth-order valence-electron chi connectivity index (χ4n) is 5.78. The van der Waals surface area contributed by atoms with Gasteiger partial charge in [0.25, 0.3) is 0 Å². The van der Waals surface area contributed by atoms with Crippen LogP contribution in [0.4, 0.5) is 0 Å². The second kappa shape index (κ2) is 11.2. The first-order valence-electron chi connectivity index (χ1n) is 14.9. The monoisotopic (exact) mass is 577 g/mol. The summed E-state index contributed by atoms with van der Waals surface area (Å²) in [4.78, 5) is 25.3. The van der Waals surface area contributed by atoms with Crippen LogP contribution in [0.25, 0.3) is 78.5 Å². The van der Waals surface area contributed by atoms with Crippen molar-refractivity contribution in [2.45, 2.75) is 6.92 Å². The summed E-state index contributed by atoms with van der Waals surface area (Å²) in [6.07, 6.45) is 0. The van der Waals surface area contributed by atoms with Crippen LogP contribution in [0.15, 0.2) is 146 Å². The third kappa shape index (κ3) is 5.00. The van der Waals surface area contributed by atoms with Crippen molar-refractivity contribution in [2.75, 3.05) is 0 Å². The molecule has 0 radical (unpaired) electrons. The normalized spacial score (nSPS) is 11.2. The quantitative estimate of drug-likeness (QED) is 0.191. The van der Waals surface area contributed by atoms with Crippen LogP contribution >= 0.6 is 0 Å². The molecule has 8 rings (SSSR count). The average molecular weight is 578 g/mol. The van der Waals surface area contributed by atoms with Gasteiger partial charge in [0, 0.05) is 38.6 Å². The Morgan fingerprint density at radius 3 is 1.53 bits per heavy atom. The largest absolute Gasteiger partial charge is 0.245 e. The van der Waals surface area contributed by atoms with Gasteiger partial charge in [0.2, 0.25) is 0 Å². The zero-order valence-electron chi connectivity index (χ0n) is 24.6. The van der Waals surface area contributed by atoms with Gasteiger partial charge in [0.05, 0.1) is 22.4 Å². The van der Waals surface area contributed by atoms with E-state index in [-0.39, 0.29) is 0 Å². The number of pyridine rings is 2. The van der Waals surface area contributed by atoms with Crippen LogP contribution in [-0.4, -0.2) is 24.9 Å². The molecule has 0 N–H and O–H groups in total. The summed E-state index contributed by atoms with van der Waals surface area (Å²) in [6.45, 7) is 2.14. The number of nitrogens with zero attached hydrogens (tertiary/aromatic N) is 5. The van der Waals surface area contributed by atoms with E-state index in [1.165, 1.54) is 5.56 Å². The van der Waals surface area contributed by atoms with Crippen molar-refractivity contribution in [1.29, 1.82) is 0 Å². The average Bonchev–Trinajstić information content (AvgIpc) is 3.12. The first-order valence-corrected chi connectivity index (χ1v) is 14.9. The van der Waals surface area contributed by atoms with Crippen LogP contribution in [0, 0.1) is 6.92 Å². The van der Waals surface area contributed by atoms with E-state index in [0.717, 1.165) is 61.0 Å². The van der Waals surface area contributed by atoms with E-state index < -0.39 is 0 Å². The minimum Gasteiger partial charge on any atom is -0.245 e. The van der Waals surface area contributed by atoms with Gasteiger partial charge in [-0.2, -0.15) is 0 Å². The van der Waals surface area contributed by atoms with Crippen LogP contribution in [0.1, 0.15) is 5.56 Å². The minimum absolute atomic E-state index is 0.596. The molecule has 0 saturated heterocycles. The van der Waals surface area contributed by atoms with Crippen LogP contribution in [0.2, 0.25) is 0 Å². The Labute approximate surface area is 261 Å². The standard InChI is InChI=1S/C40H27N5/c1-26-25-35(27-13-5-2-6-14-27)42-37-31(26)23-21-28-22-24-34(41-36(28)37)32-19-11-12-20-33(32)40-44-38(29-15-7-3-8-16-29)43-39(45-40)30-17-9-4-10-18-30/h2-25H,1H3. The molecular formula is C40H27N5. The molecule has 5 aromatic carbocycles. The SMILES string of the molecule is Cc1cc(-c2ccccc2)nc2c1ccc1ccc(-c3ccccc3-c3nc(-c4ccccc4)nc(-c4ccccc4)n3)nc12.